The van der Waals surface area contributed by atoms with Crippen LogP contribution in [-0.2, 0) is 13.6 Å². The van der Waals surface area contributed by atoms with Crippen molar-refractivity contribution >= 4 is 11.6 Å². The van der Waals surface area contributed by atoms with Crippen LogP contribution in [0.4, 0.5) is 0 Å². The number of aryl methyl sites for hydroxylation is 1. The zero-order valence-corrected chi connectivity index (χ0v) is 12.3. The fourth-order valence-corrected chi connectivity index (χ4v) is 3.15. The van der Waals surface area contributed by atoms with Crippen LogP contribution in [0.2, 0.25) is 5.02 Å². The normalized spacial score (nSPS) is 23.4. The van der Waals surface area contributed by atoms with Crippen LogP contribution >= 0.6 is 11.6 Å². The third-order valence-electron chi connectivity index (χ3n) is 4.05. The molecule has 0 unspecified atom stereocenters. The molecule has 2 aromatic rings. The number of nitrogens with two attached hydrogens (primary N) is 1. The van der Waals surface area contributed by atoms with Gasteiger partial charge in [-0.3, -0.25) is 9.58 Å². The lowest BCUT2D eigenvalue weighted by Gasteiger charge is -2.16. The fraction of sp³-hybridized carbons (Fsp3) is 0.400. The number of hydrogen-bond donors (Lipinski definition) is 1. The SMILES string of the molecule is Cn1ncc(Cl)c1CN1C[C@@H](N)[C@H](c2ccccc2)C1. The van der Waals surface area contributed by atoms with Gasteiger partial charge in [-0.1, -0.05) is 41.9 Å². The Morgan fingerprint density at radius 2 is 2.05 bits per heavy atom. The highest BCUT2D eigenvalue weighted by Crippen LogP contribution is 2.28. The molecule has 5 heteroatoms. The molecule has 0 radical (unpaired) electrons. The van der Waals surface area contributed by atoms with Crippen LogP contribution in [0.1, 0.15) is 17.2 Å². The van der Waals surface area contributed by atoms with Crippen LogP contribution in [-0.4, -0.2) is 33.8 Å². The molecule has 106 valence electrons. The lowest BCUT2D eigenvalue weighted by Crippen LogP contribution is -2.29. The Hall–Kier alpha value is -1.36. The number of benzene rings is 1. The molecule has 3 rings (SSSR count). The number of aromatic nitrogens is 2. The molecule has 0 aliphatic carbocycles. The molecule has 1 aliphatic heterocycles. The van der Waals surface area contributed by atoms with Gasteiger partial charge < -0.3 is 5.73 Å². The highest BCUT2D eigenvalue weighted by Gasteiger charge is 2.31. The van der Waals surface area contributed by atoms with Crippen molar-refractivity contribution in [3.8, 4) is 0 Å². The largest absolute Gasteiger partial charge is 0.326 e. The van der Waals surface area contributed by atoms with Crippen LogP contribution in [0, 0.1) is 0 Å². The summed E-state index contributed by atoms with van der Waals surface area (Å²) in [6, 6.07) is 10.7. The highest BCUT2D eigenvalue weighted by atomic mass is 35.5. The van der Waals surface area contributed by atoms with Crippen molar-refractivity contribution in [1.82, 2.24) is 14.7 Å². The summed E-state index contributed by atoms with van der Waals surface area (Å²) < 4.78 is 1.84. The van der Waals surface area contributed by atoms with Gasteiger partial charge in [-0.2, -0.15) is 5.10 Å². The van der Waals surface area contributed by atoms with Crippen molar-refractivity contribution in [2.45, 2.75) is 18.5 Å². The Balaban J connectivity index is 1.73. The summed E-state index contributed by atoms with van der Waals surface area (Å²) in [5.41, 5.74) is 8.68. The predicted octanol–water partition coefficient (Wildman–Crippen LogP) is 2.00. The summed E-state index contributed by atoms with van der Waals surface area (Å²) in [7, 11) is 1.92. The van der Waals surface area contributed by atoms with Crippen molar-refractivity contribution in [3.05, 3.63) is 52.8 Å². The number of halogens is 1. The second-order valence-corrected chi connectivity index (χ2v) is 5.85. The van der Waals surface area contributed by atoms with Crippen molar-refractivity contribution in [2.75, 3.05) is 13.1 Å². The van der Waals surface area contributed by atoms with E-state index in [0.29, 0.717) is 5.92 Å². The Morgan fingerprint density at radius 1 is 1.30 bits per heavy atom. The maximum absolute atomic E-state index is 6.31. The zero-order valence-electron chi connectivity index (χ0n) is 11.5. The van der Waals surface area contributed by atoms with Crippen LogP contribution in [0.3, 0.4) is 0 Å². The van der Waals surface area contributed by atoms with Crippen molar-refractivity contribution in [3.63, 3.8) is 0 Å². The van der Waals surface area contributed by atoms with Crippen molar-refractivity contribution in [1.29, 1.82) is 0 Å². The first-order valence-corrected chi connectivity index (χ1v) is 7.22. The summed E-state index contributed by atoms with van der Waals surface area (Å²) in [6.07, 6.45) is 1.70. The van der Waals surface area contributed by atoms with Gasteiger partial charge >= 0.3 is 0 Å². The van der Waals surface area contributed by atoms with Gasteiger partial charge in [0.15, 0.2) is 0 Å². The molecular formula is C15H19ClN4. The van der Waals surface area contributed by atoms with E-state index in [2.05, 4.69) is 34.3 Å². The monoisotopic (exact) mass is 290 g/mol. The molecule has 1 saturated heterocycles. The molecule has 2 atom stereocenters. The van der Waals surface area contributed by atoms with E-state index in [-0.39, 0.29) is 6.04 Å². The molecule has 1 aromatic heterocycles. The number of hydrogen-bond acceptors (Lipinski definition) is 3. The first-order chi connectivity index (χ1) is 9.65. The minimum absolute atomic E-state index is 0.171. The van der Waals surface area contributed by atoms with Crippen LogP contribution in [0.15, 0.2) is 36.5 Å². The average molecular weight is 291 g/mol. The molecular weight excluding hydrogens is 272 g/mol. The molecule has 1 aromatic carbocycles. The van der Waals surface area contributed by atoms with Crippen molar-refractivity contribution in [2.24, 2.45) is 12.8 Å². The highest BCUT2D eigenvalue weighted by molar-refractivity contribution is 6.31. The lowest BCUT2D eigenvalue weighted by molar-refractivity contribution is 0.314. The van der Waals surface area contributed by atoms with E-state index < -0.39 is 0 Å². The molecule has 4 nitrogen and oxygen atoms in total. The van der Waals surface area contributed by atoms with Crippen LogP contribution in [0.25, 0.3) is 0 Å². The Bertz CT molecular complexity index is 561. The van der Waals surface area contributed by atoms with Gasteiger partial charge in [0, 0.05) is 38.6 Å². The van der Waals surface area contributed by atoms with E-state index in [0.717, 1.165) is 30.4 Å². The quantitative estimate of drug-likeness (QED) is 0.940. The van der Waals surface area contributed by atoms with Gasteiger partial charge in [0.2, 0.25) is 0 Å². The second-order valence-electron chi connectivity index (χ2n) is 5.44. The smallest absolute Gasteiger partial charge is 0.0831 e. The average Bonchev–Trinajstić information content (AvgIpc) is 2.97. The minimum Gasteiger partial charge on any atom is -0.326 e. The van der Waals surface area contributed by atoms with Crippen LogP contribution < -0.4 is 5.73 Å². The first-order valence-electron chi connectivity index (χ1n) is 6.84. The molecule has 0 saturated carbocycles. The molecule has 20 heavy (non-hydrogen) atoms. The number of likely N-dealkylation sites (tertiary alicyclic amines) is 1. The van der Waals surface area contributed by atoms with E-state index in [1.807, 2.05) is 17.8 Å². The maximum atomic E-state index is 6.31. The van der Waals surface area contributed by atoms with E-state index in [4.69, 9.17) is 17.3 Å². The van der Waals surface area contributed by atoms with E-state index >= 15 is 0 Å². The van der Waals surface area contributed by atoms with Gasteiger partial charge in [-0.25, -0.2) is 0 Å². The molecule has 0 amide bonds. The summed E-state index contributed by atoms with van der Waals surface area (Å²) >= 11 is 6.17. The Kier molecular flexibility index (Phi) is 3.78. The third kappa shape index (κ3) is 2.59. The molecule has 1 fully saturated rings. The number of rotatable bonds is 3. The number of nitrogens with zero attached hydrogens (tertiary/aromatic N) is 3. The first kappa shape index (κ1) is 13.6. The van der Waals surface area contributed by atoms with Crippen molar-refractivity contribution < 1.29 is 0 Å². The van der Waals surface area contributed by atoms with E-state index in [9.17, 15) is 0 Å². The van der Waals surface area contributed by atoms with Gasteiger partial charge in [-0.15, -0.1) is 0 Å². The summed E-state index contributed by atoms with van der Waals surface area (Å²) in [4.78, 5) is 2.35. The Morgan fingerprint density at radius 3 is 2.70 bits per heavy atom. The second kappa shape index (κ2) is 5.56. The molecule has 2 heterocycles. The van der Waals surface area contributed by atoms with Crippen LogP contribution in [0.5, 0.6) is 0 Å². The molecule has 2 N–H and O–H groups in total. The van der Waals surface area contributed by atoms with Gasteiger partial charge in [0.05, 0.1) is 16.9 Å². The Labute approximate surface area is 124 Å². The van der Waals surface area contributed by atoms with E-state index in [1.165, 1.54) is 5.56 Å². The zero-order chi connectivity index (χ0) is 14.1. The molecule has 0 spiro atoms. The van der Waals surface area contributed by atoms with Gasteiger partial charge in [-0.05, 0) is 5.56 Å². The summed E-state index contributed by atoms with van der Waals surface area (Å²) in [5.74, 6) is 0.392. The molecule has 0 bridgehead atoms. The summed E-state index contributed by atoms with van der Waals surface area (Å²) in [5, 5.41) is 4.91. The molecule has 1 aliphatic rings. The van der Waals surface area contributed by atoms with Gasteiger partial charge in [0.1, 0.15) is 0 Å². The maximum Gasteiger partial charge on any atom is 0.0831 e. The third-order valence-corrected chi connectivity index (χ3v) is 4.37. The summed E-state index contributed by atoms with van der Waals surface area (Å²) in [6.45, 7) is 2.65. The minimum atomic E-state index is 0.171. The standard InChI is InChI=1S/C15H19ClN4/c1-19-15(13(16)7-18-19)10-20-8-12(14(17)9-20)11-5-3-2-4-6-11/h2-7,12,14H,8-10,17H2,1H3/t12-,14+/m0/s1. The van der Waals surface area contributed by atoms with E-state index in [1.54, 1.807) is 6.20 Å². The fourth-order valence-electron chi connectivity index (χ4n) is 2.92. The predicted molar refractivity (Wildman–Crippen MR) is 80.7 cm³/mol. The topological polar surface area (TPSA) is 47.1 Å². The van der Waals surface area contributed by atoms with Gasteiger partial charge in [0.25, 0.3) is 0 Å². The lowest BCUT2D eigenvalue weighted by atomic mass is 9.95.